The van der Waals surface area contributed by atoms with E-state index in [4.69, 9.17) is 5.73 Å². The maximum Gasteiger partial charge on any atom is 0.329 e. The van der Waals surface area contributed by atoms with E-state index in [1.165, 1.54) is 0 Å². The van der Waals surface area contributed by atoms with Crippen LogP contribution < -0.4 is 16.4 Å². The number of amides is 3. The highest BCUT2D eigenvalue weighted by molar-refractivity contribution is 5.86. The maximum atomic E-state index is 11.9. The average Bonchev–Trinajstić information content (AvgIpc) is 2.26. The van der Waals surface area contributed by atoms with Crippen molar-refractivity contribution in [2.75, 3.05) is 0 Å². The molecule has 7 heteroatoms. The molecule has 3 unspecified atom stereocenters. The van der Waals surface area contributed by atoms with Gasteiger partial charge in [0.05, 0.1) is 0 Å². The fourth-order valence-corrected chi connectivity index (χ4v) is 2.74. The van der Waals surface area contributed by atoms with E-state index in [0.717, 1.165) is 12.8 Å². The van der Waals surface area contributed by atoms with E-state index in [-0.39, 0.29) is 12.3 Å². The van der Waals surface area contributed by atoms with Gasteiger partial charge in [0.25, 0.3) is 0 Å². The van der Waals surface area contributed by atoms with Gasteiger partial charge in [0.2, 0.25) is 5.91 Å². The molecule has 1 aliphatic carbocycles. The Morgan fingerprint density at radius 3 is 2.60 bits per heavy atom. The second-order valence-electron chi connectivity index (χ2n) is 5.76. The third-order valence-corrected chi connectivity index (χ3v) is 3.64. The van der Waals surface area contributed by atoms with Crippen molar-refractivity contribution in [3.63, 3.8) is 0 Å². The van der Waals surface area contributed by atoms with Gasteiger partial charge in [0.1, 0.15) is 5.54 Å². The van der Waals surface area contributed by atoms with Crippen LogP contribution in [0.15, 0.2) is 0 Å². The zero-order valence-corrected chi connectivity index (χ0v) is 11.9. The molecule has 0 heterocycles. The maximum absolute atomic E-state index is 11.9. The lowest BCUT2D eigenvalue weighted by Crippen LogP contribution is -2.60. The van der Waals surface area contributed by atoms with Crippen LogP contribution >= 0.6 is 0 Å². The van der Waals surface area contributed by atoms with E-state index in [9.17, 15) is 19.5 Å². The summed E-state index contributed by atoms with van der Waals surface area (Å²) in [6.07, 6.45) is 2.59. The number of nitrogens with one attached hydrogen (secondary N) is 2. The summed E-state index contributed by atoms with van der Waals surface area (Å²) >= 11 is 0. The van der Waals surface area contributed by atoms with Crippen LogP contribution in [-0.4, -0.2) is 34.6 Å². The predicted octanol–water partition coefficient (Wildman–Crippen LogP) is 0.583. The lowest BCUT2D eigenvalue weighted by molar-refractivity contribution is -0.146. The SMILES string of the molecule is CC1CCCC(NC(=O)NC(C)CC(N)=O)(C(=O)O)C1. The van der Waals surface area contributed by atoms with Crippen molar-refractivity contribution in [3.05, 3.63) is 0 Å². The first-order chi connectivity index (χ1) is 9.25. The van der Waals surface area contributed by atoms with Gasteiger partial charge in [-0.15, -0.1) is 0 Å². The largest absolute Gasteiger partial charge is 0.480 e. The molecule has 0 radical (unpaired) electrons. The van der Waals surface area contributed by atoms with Crippen molar-refractivity contribution >= 4 is 17.9 Å². The molecule has 0 spiro atoms. The minimum absolute atomic E-state index is 0.0178. The van der Waals surface area contributed by atoms with Crippen LogP contribution in [0.25, 0.3) is 0 Å². The second kappa shape index (κ2) is 6.58. The summed E-state index contributed by atoms with van der Waals surface area (Å²) in [7, 11) is 0. The lowest BCUT2D eigenvalue weighted by atomic mass is 9.76. The van der Waals surface area contributed by atoms with Crippen molar-refractivity contribution in [2.45, 2.75) is 57.5 Å². The molecule has 0 aromatic rings. The highest BCUT2D eigenvalue weighted by Gasteiger charge is 2.43. The second-order valence-corrected chi connectivity index (χ2v) is 5.76. The van der Waals surface area contributed by atoms with Gasteiger partial charge < -0.3 is 21.5 Å². The van der Waals surface area contributed by atoms with E-state index in [1.807, 2.05) is 6.92 Å². The first kappa shape index (κ1) is 16.3. The molecular formula is C13H23N3O4. The quantitative estimate of drug-likeness (QED) is 0.590. The first-order valence-corrected chi connectivity index (χ1v) is 6.85. The fourth-order valence-electron chi connectivity index (χ4n) is 2.74. The van der Waals surface area contributed by atoms with E-state index >= 15 is 0 Å². The Morgan fingerprint density at radius 1 is 1.45 bits per heavy atom. The molecule has 7 nitrogen and oxygen atoms in total. The number of carboxylic acid groups (broad SMARTS) is 1. The minimum Gasteiger partial charge on any atom is -0.480 e. The summed E-state index contributed by atoms with van der Waals surface area (Å²) < 4.78 is 0. The van der Waals surface area contributed by atoms with Crippen molar-refractivity contribution in [2.24, 2.45) is 11.7 Å². The molecular weight excluding hydrogens is 262 g/mol. The first-order valence-electron chi connectivity index (χ1n) is 6.85. The zero-order chi connectivity index (χ0) is 15.3. The molecule has 1 fully saturated rings. The smallest absolute Gasteiger partial charge is 0.329 e. The Hall–Kier alpha value is -1.79. The number of rotatable bonds is 5. The van der Waals surface area contributed by atoms with E-state index in [2.05, 4.69) is 10.6 Å². The predicted molar refractivity (Wildman–Crippen MR) is 72.9 cm³/mol. The number of carbonyl (C=O) groups is 3. The number of primary amides is 1. The molecule has 3 amide bonds. The van der Waals surface area contributed by atoms with Crippen LogP contribution in [0.3, 0.4) is 0 Å². The Bertz CT molecular complexity index is 399. The third kappa shape index (κ3) is 4.40. The number of nitrogens with two attached hydrogens (primary N) is 1. The van der Waals surface area contributed by atoms with Crippen molar-refractivity contribution < 1.29 is 19.5 Å². The highest BCUT2D eigenvalue weighted by Crippen LogP contribution is 2.32. The van der Waals surface area contributed by atoms with Crippen molar-refractivity contribution in [3.8, 4) is 0 Å². The Labute approximate surface area is 118 Å². The number of hydrogen-bond donors (Lipinski definition) is 4. The molecule has 5 N–H and O–H groups in total. The van der Waals surface area contributed by atoms with Crippen LogP contribution in [0, 0.1) is 5.92 Å². The van der Waals surface area contributed by atoms with Crippen LogP contribution in [-0.2, 0) is 9.59 Å². The Morgan fingerprint density at radius 2 is 2.10 bits per heavy atom. The Balaban J connectivity index is 2.64. The van der Waals surface area contributed by atoms with Crippen LogP contribution in [0.5, 0.6) is 0 Å². The van der Waals surface area contributed by atoms with Crippen LogP contribution in [0.2, 0.25) is 0 Å². The van der Waals surface area contributed by atoms with E-state index in [1.54, 1.807) is 6.92 Å². The van der Waals surface area contributed by atoms with Crippen LogP contribution in [0.1, 0.15) is 46.0 Å². The number of aliphatic carboxylic acids is 1. The third-order valence-electron chi connectivity index (χ3n) is 3.64. The van der Waals surface area contributed by atoms with Crippen molar-refractivity contribution in [1.82, 2.24) is 10.6 Å². The molecule has 1 saturated carbocycles. The zero-order valence-electron chi connectivity index (χ0n) is 11.9. The van der Waals surface area contributed by atoms with Gasteiger partial charge >= 0.3 is 12.0 Å². The highest BCUT2D eigenvalue weighted by atomic mass is 16.4. The molecule has 1 aliphatic rings. The van der Waals surface area contributed by atoms with Gasteiger partial charge in [0, 0.05) is 12.5 Å². The molecule has 0 saturated heterocycles. The molecule has 3 atom stereocenters. The van der Waals surface area contributed by atoms with Gasteiger partial charge in [-0.2, -0.15) is 0 Å². The standard InChI is InChI=1S/C13H23N3O4/c1-8-4-3-5-13(7-8,11(18)19)16-12(20)15-9(2)6-10(14)17/h8-9H,3-7H2,1-2H3,(H2,14,17)(H,18,19)(H2,15,16,20). The fraction of sp³-hybridized carbons (Fsp3) is 0.769. The topological polar surface area (TPSA) is 122 Å². The van der Waals surface area contributed by atoms with Gasteiger partial charge in [-0.25, -0.2) is 9.59 Å². The monoisotopic (exact) mass is 285 g/mol. The minimum atomic E-state index is -1.21. The summed E-state index contributed by atoms with van der Waals surface area (Å²) in [4.78, 5) is 34.1. The van der Waals surface area contributed by atoms with Gasteiger partial charge in [-0.05, 0) is 25.7 Å². The molecule has 1 rings (SSSR count). The van der Waals surface area contributed by atoms with E-state index < -0.39 is 29.5 Å². The molecule has 0 bridgehead atoms. The lowest BCUT2D eigenvalue weighted by Gasteiger charge is -2.37. The number of carboxylic acids is 1. The van der Waals surface area contributed by atoms with Gasteiger partial charge in [0.15, 0.2) is 0 Å². The molecule has 0 aromatic carbocycles. The molecule has 20 heavy (non-hydrogen) atoms. The average molecular weight is 285 g/mol. The molecule has 114 valence electrons. The number of hydrogen-bond acceptors (Lipinski definition) is 3. The van der Waals surface area contributed by atoms with Gasteiger partial charge in [-0.1, -0.05) is 19.8 Å². The molecule has 0 aliphatic heterocycles. The number of urea groups is 1. The summed E-state index contributed by atoms with van der Waals surface area (Å²) in [6.45, 7) is 3.62. The summed E-state index contributed by atoms with van der Waals surface area (Å²) in [5.41, 5.74) is 3.83. The Kier molecular flexibility index (Phi) is 5.35. The van der Waals surface area contributed by atoms with Crippen LogP contribution in [0.4, 0.5) is 4.79 Å². The normalized spacial score (nSPS) is 27.4. The van der Waals surface area contributed by atoms with E-state index in [0.29, 0.717) is 12.8 Å². The van der Waals surface area contributed by atoms with Gasteiger partial charge in [-0.3, -0.25) is 4.79 Å². The molecule has 0 aromatic heterocycles. The summed E-state index contributed by atoms with van der Waals surface area (Å²) in [6, 6.07) is -1.00. The summed E-state index contributed by atoms with van der Waals surface area (Å²) in [5.74, 6) is -1.28. The summed E-state index contributed by atoms with van der Waals surface area (Å²) in [5, 5.41) is 14.5. The van der Waals surface area contributed by atoms with Crippen molar-refractivity contribution in [1.29, 1.82) is 0 Å². The number of carbonyl (C=O) groups excluding carboxylic acids is 2.